The van der Waals surface area contributed by atoms with Crippen LogP contribution in [0.3, 0.4) is 0 Å². The van der Waals surface area contributed by atoms with E-state index >= 15 is 0 Å². The third-order valence-corrected chi connectivity index (χ3v) is 3.50. The number of methoxy groups -OCH3 is 2. The lowest BCUT2D eigenvalue weighted by Crippen LogP contribution is -1.86. The van der Waals surface area contributed by atoms with Crippen molar-refractivity contribution < 1.29 is 9.47 Å². The molecule has 0 N–H and O–H groups in total. The minimum atomic E-state index is 0.792. The third kappa shape index (κ3) is 2.89. The summed E-state index contributed by atoms with van der Waals surface area (Å²) in [6, 6.07) is 19.9. The van der Waals surface area contributed by atoms with Gasteiger partial charge in [-0.2, -0.15) is 0 Å². The Bertz CT molecular complexity index is 869. The fraction of sp³-hybridized carbons (Fsp3) is 0.100. The van der Waals surface area contributed by atoms with E-state index in [9.17, 15) is 0 Å². The SMILES string of the molecule is COc1ccc2cc(C#Cc3ccccc3OC)ccc2c1. The monoisotopic (exact) mass is 288 g/mol. The van der Waals surface area contributed by atoms with Crippen LogP contribution >= 0.6 is 0 Å². The van der Waals surface area contributed by atoms with Crippen molar-refractivity contribution >= 4 is 10.8 Å². The summed E-state index contributed by atoms with van der Waals surface area (Å²) in [5.74, 6) is 8.02. The number of ether oxygens (including phenoxy) is 2. The summed E-state index contributed by atoms with van der Waals surface area (Å²) in [6.07, 6.45) is 0. The van der Waals surface area contributed by atoms with Gasteiger partial charge in [0.2, 0.25) is 0 Å². The largest absolute Gasteiger partial charge is 0.497 e. The standard InChI is InChI=1S/C20H16O2/c1-21-19-12-11-17-13-15(8-10-18(17)14-19)7-9-16-5-3-4-6-20(16)22-2/h3-6,8,10-14H,1-2H3. The molecule has 2 heteroatoms. The Kier molecular flexibility index (Phi) is 3.98. The highest BCUT2D eigenvalue weighted by Gasteiger charge is 1.99. The van der Waals surface area contributed by atoms with Gasteiger partial charge in [-0.15, -0.1) is 0 Å². The van der Waals surface area contributed by atoms with Crippen molar-refractivity contribution in [2.45, 2.75) is 0 Å². The third-order valence-electron chi connectivity index (χ3n) is 3.50. The van der Waals surface area contributed by atoms with Crippen molar-refractivity contribution in [2.24, 2.45) is 0 Å². The molecule has 0 heterocycles. The molecule has 22 heavy (non-hydrogen) atoms. The maximum atomic E-state index is 5.31. The van der Waals surface area contributed by atoms with Gasteiger partial charge in [-0.25, -0.2) is 0 Å². The predicted molar refractivity (Wildman–Crippen MR) is 89.5 cm³/mol. The van der Waals surface area contributed by atoms with Crippen LogP contribution in [-0.2, 0) is 0 Å². The molecule has 0 aliphatic heterocycles. The maximum absolute atomic E-state index is 5.31. The fourth-order valence-corrected chi connectivity index (χ4v) is 2.32. The van der Waals surface area contributed by atoms with Gasteiger partial charge in [0.25, 0.3) is 0 Å². The van der Waals surface area contributed by atoms with Crippen LogP contribution < -0.4 is 9.47 Å². The zero-order valence-corrected chi connectivity index (χ0v) is 12.6. The second-order valence-electron chi connectivity index (χ2n) is 4.88. The highest BCUT2D eigenvalue weighted by molar-refractivity contribution is 5.85. The lowest BCUT2D eigenvalue weighted by molar-refractivity contribution is 0.413. The van der Waals surface area contributed by atoms with Gasteiger partial charge < -0.3 is 9.47 Å². The molecule has 0 fully saturated rings. The quantitative estimate of drug-likeness (QED) is 0.656. The Morgan fingerprint density at radius 1 is 0.727 bits per heavy atom. The van der Waals surface area contributed by atoms with Crippen LogP contribution in [0.4, 0.5) is 0 Å². The molecule has 108 valence electrons. The van der Waals surface area contributed by atoms with E-state index in [0.29, 0.717) is 0 Å². The van der Waals surface area contributed by atoms with Crippen molar-refractivity contribution in [3.63, 3.8) is 0 Å². The maximum Gasteiger partial charge on any atom is 0.134 e. The van der Waals surface area contributed by atoms with E-state index in [1.54, 1.807) is 14.2 Å². The van der Waals surface area contributed by atoms with Crippen molar-refractivity contribution in [1.82, 2.24) is 0 Å². The summed E-state index contributed by atoms with van der Waals surface area (Å²) in [7, 11) is 3.33. The summed E-state index contributed by atoms with van der Waals surface area (Å²) < 4.78 is 10.6. The molecule has 3 rings (SSSR count). The van der Waals surface area contributed by atoms with Crippen LogP contribution in [0.5, 0.6) is 11.5 Å². The first kappa shape index (κ1) is 14.0. The van der Waals surface area contributed by atoms with Crippen molar-refractivity contribution in [3.8, 4) is 23.3 Å². The number of fused-ring (bicyclic) bond motifs is 1. The topological polar surface area (TPSA) is 18.5 Å². The lowest BCUT2D eigenvalue weighted by atomic mass is 10.1. The zero-order valence-electron chi connectivity index (χ0n) is 12.6. The van der Waals surface area contributed by atoms with Gasteiger partial charge >= 0.3 is 0 Å². The van der Waals surface area contributed by atoms with Gasteiger partial charge in [-0.05, 0) is 47.2 Å². The highest BCUT2D eigenvalue weighted by atomic mass is 16.5. The molecular weight excluding hydrogens is 272 g/mol. The Hall–Kier alpha value is -2.92. The molecule has 0 atom stereocenters. The van der Waals surface area contributed by atoms with E-state index in [-0.39, 0.29) is 0 Å². The smallest absolute Gasteiger partial charge is 0.134 e. The molecule has 0 saturated heterocycles. The van der Waals surface area contributed by atoms with E-state index in [2.05, 4.69) is 24.0 Å². The Morgan fingerprint density at radius 3 is 2.32 bits per heavy atom. The van der Waals surface area contributed by atoms with E-state index < -0.39 is 0 Å². The number of hydrogen-bond donors (Lipinski definition) is 0. The minimum Gasteiger partial charge on any atom is -0.497 e. The van der Waals surface area contributed by atoms with Gasteiger partial charge in [-0.1, -0.05) is 36.1 Å². The second kappa shape index (κ2) is 6.24. The van der Waals surface area contributed by atoms with Crippen molar-refractivity contribution in [2.75, 3.05) is 14.2 Å². The molecule has 0 aromatic heterocycles. The van der Waals surface area contributed by atoms with E-state index in [0.717, 1.165) is 33.4 Å². The molecule has 0 radical (unpaired) electrons. The number of benzene rings is 3. The predicted octanol–water partition coefficient (Wildman–Crippen LogP) is 4.26. The van der Waals surface area contributed by atoms with Gasteiger partial charge in [-0.3, -0.25) is 0 Å². The Labute approximate surface area is 130 Å². The number of rotatable bonds is 2. The van der Waals surface area contributed by atoms with Crippen LogP contribution in [-0.4, -0.2) is 14.2 Å². The molecule has 0 aliphatic rings. The first-order chi connectivity index (χ1) is 10.8. The lowest BCUT2D eigenvalue weighted by Gasteiger charge is -2.03. The Morgan fingerprint density at radius 2 is 1.50 bits per heavy atom. The molecule has 0 spiro atoms. The average molecular weight is 288 g/mol. The summed E-state index contributed by atoms with van der Waals surface area (Å²) in [5.41, 5.74) is 1.86. The van der Waals surface area contributed by atoms with Crippen molar-refractivity contribution in [1.29, 1.82) is 0 Å². The molecule has 0 unspecified atom stereocenters. The second-order valence-corrected chi connectivity index (χ2v) is 4.88. The molecule has 0 amide bonds. The van der Waals surface area contributed by atoms with Gasteiger partial charge in [0.15, 0.2) is 0 Å². The number of para-hydroxylation sites is 1. The highest BCUT2D eigenvalue weighted by Crippen LogP contribution is 2.22. The van der Waals surface area contributed by atoms with Gasteiger partial charge in [0, 0.05) is 5.56 Å². The summed E-state index contributed by atoms with van der Waals surface area (Å²) >= 11 is 0. The van der Waals surface area contributed by atoms with Crippen LogP contribution in [0, 0.1) is 11.8 Å². The van der Waals surface area contributed by atoms with E-state index in [4.69, 9.17) is 9.47 Å². The average Bonchev–Trinajstić information content (AvgIpc) is 2.59. The molecule has 0 aliphatic carbocycles. The van der Waals surface area contributed by atoms with E-state index in [1.165, 1.54) is 0 Å². The van der Waals surface area contributed by atoms with Crippen LogP contribution in [0.15, 0.2) is 60.7 Å². The summed E-state index contributed by atoms with van der Waals surface area (Å²) in [6.45, 7) is 0. The molecule has 3 aromatic rings. The first-order valence-electron chi connectivity index (χ1n) is 7.03. The Balaban J connectivity index is 1.96. The zero-order chi connectivity index (χ0) is 15.4. The van der Waals surface area contributed by atoms with Crippen LogP contribution in [0.1, 0.15) is 11.1 Å². The molecule has 0 saturated carbocycles. The van der Waals surface area contributed by atoms with Crippen LogP contribution in [0.2, 0.25) is 0 Å². The molecule has 0 bridgehead atoms. The normalized spacial score (nSPS) is 9.91. The minimum absolute atomic E-state index is 0.792. The summed E-state index contributed by atoms with van der Waals surface area (Å²) in [4.78, 5) is 0. The molecular formula is C20H16O2. The van der Waals surface area contributed by atoms with Gasteiger partial charge in [0.1, 0.15) is 11.5 Å². The summed E-state index contributed by atoms with van der Waals surface area (Å²) in [5, 5.41) is 2.29. The molecule has 2 nitrogen and oxygen atoms in total. The first-order valence-corrected chi connectivity index (χ1v) is 7.03. The fourth-order valence-electron chi connectivity index (χ4n) is 2.32. The van der Waals surface area contributed by atoms with E-state index in [1.807, 2.05) is 48.5 Å². The number of hydrogen-bond acceptors (Lipinski definition) is 2. The van der Waals surface area contributed by atoms with Crippen LogP contribution in [0.25, 0.3) is 10.8 Å². The van der Waals surface area contributed by atoms with Crippen molar-refractivity contribution in [3.05, 3.63) is 71.8 Å². The van der Waals surface area contributed by atoms with Gasteiger partial charge in [0.05, 0.1) is 19.8 Å². The molecule has 3 aromatic carbocycles.